The van der Waals surface area contributed by atoms with Crippen LogP contribution in [0.5, 0.6) is 11.5 Å². The lowest BCUT2D eigenvalue weighted by atomic mass is 10.3. The van der Waals surface area contributed by atoms with Gasteiger partial charge in [0, 0.05) is 6.20 Å². The lowest BCUT2D eigenvalue weighted by Crippen LogP contribution is -2.30. The maximum absolute atomic E-state index is 12.4. The van der Waals surface area contributed by atoms with E-state index in [1.807, 2.05) is 6.92 Å². The fourth-order valence-electron chi connectivity index (χ4n) is 2.40. The van der Waals surface area contributed by atoms with Crippen molar-refractivity contribution >= 4 is 11.0 Å². The van der Waals surface area contributed by atoms with E-state index < -0.39 is 6.10 Å². The molecule has 0 bridgehead atoms. The molecule has 1 N–H and O–H groups in total. The van der Waals surface area contributed by atoms with Gasteiger partial charge in [0.15, 0.2) is 5.65 Å². The van der Waals surface area contributed by atoms with Crippen molar-refractivity contribution in [1.82, 2.24) is 14.5 Å². The number of pyridine rings is 1. The number of aliphatic hydroxyl groups is 1. The molecule has 0 aliphatic heterocycles. The van der Waals surface area contributed by atoms with Gasteiger partial charge in [-0.05, 0) is 43.3 Å². The first-order valence-electron chi connectivity index (χ1n) is 8.01. The number of hydrogen-bond acceptors (Lipinski definition) is 6. The van der Waals surface area contributed by atoms with Gasteiger partial charge in [0.25, 0.3) is 5.56 Å². The van der Waals surface area contributed by atoms with E-state index in [0.29, 0.717) is 23.4 Å². The predicted octanol–water partition coefficient (Wildman–Crippen LogP) is 1.63. The Morgan fingerprint density at radius 2 is 1.84 bits per heavy atom. The quantitative estimate of drug-likeness (QED) is 0.703. The molecule has 1 aromatic carbocycles. The third kappa shape index (κ3) is 4.13. The highest BCUT2D eigenvalue weighted by Gasteiger charge is 2.10. The van der Waals surface area contributed by atoms with Crippen LogP contribution in [0.25, 0.3) is 11.0 Å². The van der Waals surface area contributed by atoms with Gasteiger partial charge in [0.05, 0.1) is 18.5 Å². The zero-order valence-corrected chi connectivity index (χ0v) is 13.8. The first-order chi connectivity index (χ1) is 12.2. The lowest BCUT2D eigenvalue weighted by molar-refractivity contribution is 0.0914. The van der Waals surface area contributed by atoms with Crippen molar-refractivity contribution in [1.29, 1.82) is 0 Å². The van der Waals surface area contributed by atoms with E-state index in [-0.39, 0.29) is 18.7 Å². The predicted molar refractivity (Wildman–Crippen MR) is 92.9 cm³/mol. The Morgan fingerprint density at radius 1 is 1.12 bits per heavy atom. The van der Waals surface area contributed by atoms with Gasteiger partial charge in [0.2, 0.25) is 0 Å². The van der Waals surface area contributed by atoms with Gasteiger partial charge in [0.1, 0.15) is 30.5 Å². The lowest BCUT2D eigenvalue weighted by Gasteiger charge is -2.14. The van der Waals surface area contributed by atoms with Gasteiger partial charge >= 0.3 is 0 Å². The van der Waals surface area contributed by atoms with Crippen molar-refractivity contribution in [2.45, 2.75) is 19.6 Å². The largest absolute Gasteiger partial charge is 0.494 e. The summed E-state index contributed by atoms with van der Waals surface area (Å²) in [5.41, 5.74) is 0.155. The highest BCUT2D eigenvalue weighted by atomic mass is 16.5. The summed E-state index contributed by atoms with van der Waals surface area (Å²) in [6.07, 6.45) is 2.12. The average Bonchev–Trinajstić information content (AvgIpc) is 2.64. The molecule has 1 atom stereocenters. The van der Waals surface area contributed by atoms with E-state index in [4.69, 9.17) is 9.47 Å². The first kappa shape index (κ1) is 16.9. The fourth-order valence-corrected chi connectivity index (χ4v) is 2.40. The maximum atomic E-state index is 12.4. The number of nitrogens with zero attached hydrogens (tertiary/aromatic N) is 3. The van der Waals surface area contributed by atoms with Gasteiger partial charge in [-0.1, -0.05) is 0 Å². The molecule has 0 fully saturated rings. The molecule has 2 heterocycles. The van der Waals surface area contributed by atoms with Crippen molar-refractivity contribution < 1.29 is 14.6 Å². The van der Waals surface area contributed by atoms with Crippen LogP contribution >= 0.6 is 0 Å². The first-order valence-corrected chi connectivity index (χ1v) is 8.01. The fraction of sp³-hybridized carbons (Fsp3) is 0.278. The van der Waals surface area contributed by atoms with Crippen LogP contribution in [0.2, 0.25) is 0 Å². The number of hydrogen-bond donors (Lipinski definition) is 1. The van der Waals surface area contributed by atoms with Crippen LogP contribution in [0.15, 0.2) is 53.7 Å². The molecule has 3 aromatic rings. The zero-order chi connectivity index (χ0) is 17.6. The second-order valence-electron chi connectivity index (χ2n) is 5.45. The minimum atomic E-state index is -0.847. The topological polar surface area (TPSA) is 86.5 Å². The Bertz CT molecular complexity index is 893. The molecule has 0 amide bonds. The Labute approximate surface area is 144 Å². The van der Waals surface area contributed by atoms with E-state index in [1.165, 1.54) is 10.9 Å². The standard InChI is InChI=1S/C18H19N3O4/c1-2-24-14-5-7-15(8-6-14)25-11-13(22)10-21-12-20-17-16(18(21)23)4-3-9-19-17/h3-9,12-13,22H,2,10-11H2,1H3/t13-/m1/s1. The third-order valence-corrected chi connectivity index (χ3v) is 3.58. The van der Waals surface area contributed by atoms with Crippen LogP contribution in [-0.2, 0) is 6.54 Å². The second kappa shape index (κ2) is 7.76. The van der Waals surface area contributed by atoms with Gasteiger partial charge in [-0.25, -0.2) is 9.97 Å². The summed E-state index contributed by atoms with van der Waals surface area (Å²) in [6, 6.07) is 10.5. The van der Waals surface area contributed by atoms with E-state index in [0.717, 1.165) is 5.75 Å². The maximum Gasteiger partial charge on any atom is 0.262 e. The van der Waals surface area contributed by atoms with E-state index in [1.54, 1.807) is 42.6 Å². The highest BCUT2D eigenvalue weighted by Crippen LogP contribution is 2.17. The zero-order valence-electron chi connectivity index (χ0n) is 13.8. The second-order valence-corrected chi connectivity index (χ2v) is 5.45. The molecule has 7 nitrogen and oxygen atoms in total. The van der Waals surface area contributed by atoms with Gasteiger partial charge in [-0.3, -0.25) is 9.36 Å². The molecule has 0 aliphatic carbocycles. The van der Waals surface area contributed by atoms with Crippen molar-refractivity contribution in [2.75, 3.05) is 13.2 Å². The third-order valence-electron chi connectivity index (χ3n) is 3.58. The van der Waals surface area contributed by atoms with E-state index in [9.17, 15) is 9.90 Å². The smallest absolute Gasteiger partial charge is 0.262 e. The molecule has 7 heteroatoms. The van der Waals surface area contributed by atoms with Crippen LogP contribution in [0.3, 0.4) is 0 Å². The Morgan fingerprint density at radius 3 is 2.56 bits per heavy atom. The van der Waals surface area contributed by atoms with Crippen LogP contribution in [-0.4, -0.2) is 39.0 Å². The van der Waals surface area contributed by atoms with Crippen LogP contribution < -0.4 is 15.0 Å². The monoisotopic (exact) mass is 341 g/mol. The Hall–Kier alpha value is -2.93. The molecule has 0 spiro atoms. The average molecular weight is 341 g/mol. The summed E-state index contributed by atoms with van der Waals surface area (Å²) in [5, 5.41) is 10.6. The van der Waals surface area contributed by atoms with E-state index >= 15 is 0 Å². The minimum Gasteiger partial charge on any atom is -0.494 e. The normalized spacial score (nSPS) is 12.1. The molecule has 2 aromatic heterocycles. The van der Waals surface area contributed by atoms with Crippen molar-refractivity contribution in [2.24, 2.45) is 0 Å². The number of aromatic nitrogens is 3. The van der Waals surface area contributed by atoms with Crippen LogP contribution in [0.4, 0.5) is 0 Å². The molecule has 0 unspecified atom stereocenters. The van der Waals surface area contributed by atoms with E-state index in [2.05, 4.69) is 9.97 Å². The molecular formula is C18H19N3O4. The molecule has 0 aliphatic rings. The Kier molecular flexibility index (Phi) is 5.25. The molecule has 3 rings (SSSR count). The van der Waals surface area contributed by atoms with Gasteiger partial charge in [-0.2, -0.15) is 0 Å². The number of aliphatic hydroxyl groups excluding tert-OH is 1. The number of ether oxygens (including phenoxy) is 2. The van der Waals surface area contributed by atoms with Crippen LogP contribution in [0.1, 0.15) is 6.92 Å². The molecule has 0 saturated heterocycles. The molecule has 130 valence electrons. The minimum absolute atomic E-state index is 0.0610. The Balaban J connectivity index is 1.62. The summed E-state index contributed by atoms with van der Waals surface area (Å²) in [4.78, 5) is 20.5. The molecule has 0 radical (unpaired) electrons. The number of fused-ring (bicyclic) bond motifs is 1. The van der Waals surface area contributed by atoms with Crippen molar-refractivity contribution in [3.8, 4) is 11.5 Å². The summed E-state index contributed by atoms with van der Waals surface area (Å²) in [5.74, 6) is 1.38. The summed E-state index contributed by atoms with van der Waals surface area (Å²) < 4.78 is 12.3. The summed E-state index contributed by atoms with van der Waals surface area (Å²) in [6.45, 7) is 2.67. The number of benzene rings is 1. The number of rotatable bonds is 7. The van der Waals surface area contributed by atoms with Gasteiger partial charge in [-0.15, -0.1) is 0 Å². The summed E-state index contributed by atoms with van der Waals surface area (Å²) in [7, 11) is 0. The summed E-state index contributed by atoms with van der Waals surface area (Å²) >= 11 is 0. The van der Waals surface area contributed by atoms with Gasteiger partial charge < -0.3 is 14.6 Å². The molecule has 0 saturated carbocycles. The SMILES string of the molecule is CCOc1ccc(OC[C@H](O)Cn2cnc3ncccc3c2=O)cc1. The van der Waals surface area contributed by atoms with Crippen LogP contribution in [0, 0.1) is 0 Å². The highest BCUT2D eigenvalue weighted by molar-refractivity contribution is 5.72. The van der Waals surface area contributed by atoms with Crippen molar-refractivity contribution in [3.63, 3.8) is 0 Å². The van der Waals surface area contributed by atoms with Crippen molar-refractivity contribution in [3.05, 3.63) is 59.3 Å². The molecular weight excluding hydrogens is 322 g/mol. The molecule has 25 heavy (non-hydrogen) atoms.